The van der Waals surface area contributed by atoms with Crippen molar-refractivity contribution < 1.29 is 5.11 Å². The fraction of sp³-hybridized carbons (Fsp3) is 0.167. The first kappa shape index (κ1) is 9.45. The summed E-state index contributed by atoms with van der Waals surface area (Å²) in [4.78, 5) is 0. The minimum absolute atomic E-state index is 0.0963. The molecule has 2 rings (SSSR count). The van der Waals surface area contributed by atoms with Crippen molar-refractivity contribution in [3.05, 3.63) is 41.0 Å². The maximum Gasteiger partial charge on any atom is 0.133 e. The average Bonchev–Trinajstić information content (AvgIpc) is 2.60. The smallest absolute Gasteiger partial charge is 0.133 e. The van der Waals surface area contributed by atoms with Gasteiger partial charge in [0.15, 0.2) is 0 Å². The minimum Gasteiger partial charge on any atom is -0.388 e. The number of hydrogen-bond donors (Lipinski definition) is 1. The Morgan fingerprint density at radius 3 is 2.60 bits per heavy atom. The first-order chi connectivity index (χ1) is 7.27. The average molecular weight is 196 g/mol. The number of rotatable bonds is 0. The molecular formula is C12H8N2O. The number of benzene rings is 1. The molecule has 1 aliphatic carbocycles. The van der Waals surface area contributed by atoms with E-state index in [2.05, 4.69) is 0 Å². The fourth-order valence-electron chi connectivity index (χ4n) is 1.87. The minimum atomic E-state index is -0.590. The molecule has 0 radical (unpaired) electrons. The molecule has 1 aromatic rings. The lowest BCUT2D eigenvalue weighted by molar-refractivity contribution is 0.190. The molecule has 0 aromatic heterocycles. The van der Waals surface area contributed by atoms with Gasteiger partial charge in [-0.3, -0.25) is 0 Å². The maximum absolute atomic E-state index is 9.74. The van der Waals surface area contributed by atoms with E-state index in [-0.39, 0.29) is 5.57 Å². The van der Waals surface area contributed by atoms with Gasteiger partial charge in [-0.25, -0.2) is 0 Å². The normalized spacial score (nSPS) is 17.8. The van der Waals surface area contributed by atoms with Crippen LogP contribution in [0.25, 0.3) is 5.57 Å². The molecular weight excluding hydrogens is 188 g/mol. The summed E-state index contributed by atoms with van der Waals surface area (Å²) in [6.07, 6.45) is -0.233. The van der Waals surface area contributed by atoms with Gasteiger partial charge in [0.05, 0.1) is 6.10 Å². The van der Waals surface area contributed by atoms with Gasteiger partial charge < -0.3 is 5.11 Å². The molecule has 15 heavy (non-hydrogen) atoms. The van der Waals surface area contributed by atoms with Crippen LogP contribution in [0.4, 0.5) is 0 Å². The second kappa shape index (κ2) is 3.57. The molecule has 1 N–H and O–H groups in total. The van der Waals surface area contributed by atoms with Crippen molar-refractivity contribution in [2.24, 2.45) is 0 Å². The molecule has 1 atom stereocenters. The molecule has 0 saturated carbocycles. The molecule has 0 bridgehead atoms. The quantitative estimate of drug-likeness (QED) is 0.644. The summed E-state index contributed by atoms with van der Waals surface area (Å²) in [7, 11) is 0. The molecule has 1 aromatic carbocycles. The predicted molar refractivity (Wildman–Crippen MR) is 54.2 cm³/mol. The number of aliphatic hydroxyl groups excluding tert-OH is 1. The van der Waals surface area contributed by atoms with Gasteiger partial charge in [-0.1, -0.05) is 24.3 Å². The van der Waals surface area contributed by atoms with E-state index in [4.69, 9.17) is 10.5 Å². The van der Waals surface area contributed by atoms with Crippen LogP contribution in [-0.4, -0.2) is 5.11 Å². The van der Waals surface area contributed by atoms with Gasteiger partial charge in [0.2, 0.25) is 0 Å². The molecule has 0 heterocycles. The summed E-state index contributed by atoms with van der Waals surface area (Å²) >= 11 is 0. The van der Waals surface area contributed by atoms with Gasteiger partial charge in [-0.15, -0.1) is 0 Å². The molecule has 3 heteroatoms. The highest BCUT2D eigenvalue weighted by molar-refractivity contribution is 5.80. The van der Waals surface area contributed by atoms with Crippen molar-refractivity contribution in [3.8, 4) is 12.1 Å². The summed E-state index contributed by atoms with van der Waals surface area (Å²) in [5.74, 6) is 0. The van der Waals surface area contributed by atoms with Crippen molar-refractivity contribution in [2.75, 3.05) is 0 Å². The van der Waals surface area contributed by atoms with E-state index in [1.54, 1.807) is 0 Å². The molecule has 3 nitrogen and oxygen atoms in total. The number of aliphatic hydroxyl groups is 1. The summed E-state index contributed by atoms with van der Waals surface area (Å²) < 4.78 is 0. The largest absolute Gasteiger partial charge is 0.388 e. The molecule has 0 aliphatic heterocycles. The van der Waals surface area contributed by atoms with E-state index in [1.807, 2.05) is 36.4 Å². The van der Waals surface area contributed by atoms with Crippen molar-refractivity contribution in [3.63, 3.8) is 0 Å². The van der Waals surface area contributed by atoms with Gasteiger partial charge in [0, 0.05) is 6.42 Å². The zero-order valence-corrected chi connectivity index (χ0v) is 7.94. The van der Waals surface area contributed by atoms with Crippen molar-refractivity contribution in [1.29, 1.82) is 10.5 Å². The Hall–Kier alpha value is -2.10. The van der Waals surface area contributed by atoms with E-state index in [1.165, 1.54) is 0 Å². The first-order valence-corrected chi connectivity index (χ1v) is 4.58. The summed E-state index contributed by atoms with van der Waals surface area (Å²) in [5.41, 5.74) is 2.38. The van der Waals surface area contributed by atoms with Crippen LogP contribution in [0, 0.1) is 22.7 Å². The Kier molecular flexibility index (Phi) is 2.25. The van der Waals surface area contributed by atoms with Crippen LogP contribution in [-0.2, 0) is 0 Å². The summed E-state index contributed by atoms with van der Waals surface area (Å²) in [6, 6.07) is 11.0. The van der Waals surface area contributed by atoms with Gasteiger partial charge in [0.25, 0.3) is 0 Å². The third-order valence-corrected chi connectivity index (χ3v) is 2.57. The Labute approximate surface area is 87.5 Å². The molecule has 0 unspecified atom stereocenters. The van der Waals surface area contributed by atoms with Crippen LogP contribution >= 0.6 is 0 Å². The Morgan fingerprint density at radius 1 is 1.27 bits per heavy atom. The zero-order chi connectivity index (χ0) is 10.8. The lowest BCUT2D eigenvalue weighted by Crippen LogP contribution is -1.88. The number of nitrogens with zero attached hydrogens (tertiary/aromatic N) is 2. The van der Waals surface area contributed by atoms with Gasteiger partial charge in [0.1, 0.15) is 17.7 Å². The zero-order valence-electron chi connectivity index (χ0n) is 7.94. The van der Waals surface area contributed by atoms with Crippen LogP contribution in [0.1, 0.15) is 23.7 Å². The van der Waals surface area contributed by atoms with E-state index >= 15 is 0 Å². The summed E-state index contributed by atoms with van der Waals surface area (Å²) in [5, 5.41) is 27.3. The molecule has 0 fully saturated rings. The van der Waals surface area contributed by atoms with Crippen LogP contribution in [0.3, 0.4) is 0 Å². The summed E-state index contributed by atoms with van der Waals surface area (Å²) in [6.45, 7) is 0. The van der Waals surface area contributed by atoms with Gasteiger partial charge in [-0.05, 0) is 16.7 Å². The molecule has 1 aliphatic rings. The number of nitriles is 2. The topological polar surface area (TPSA) is 67.8 Å². The highest BCUT2D eigenvalue weighted by atomic mass is 16.3. The van der Waals surface area contributed by atoms with Gasteiger partial charge >= 0.3 is 0 Å². The number of fused-ring (bicyclic) bond motifs is 1. The fourth-order valence-corrected chi connectivity index (χ4v) is 1.87. The maximum atomic E-state index is 9.74. The van der Waals surface area contributed by atoms with Crippen molar-refractivity contribution in [2.45, 2.75) is 12.5 Å². The predicted octanol–water partition coefficient (Wildman–Crippen LogP) is 1.92. The van der Waals surface area contributed by atoms with E-state index < -0.39 is 6.10 Å². The molecule has 0 amide bonds. The Bertz CT molecular complexity index is 501. The third kappa shape index (κ3) is 1.40. The van der Waals surface area contributed by atoms with Crippen molar-refractivity contribution >= 4 is 5.57 Å². The van der Waals surface area contributed by atoms with E-state index in [0.29, 0.717) is 12.0 Å². The van der Waals surface area contributed by atoms with E-state index in [0.717, 1.165) is 11.1 Å². The molecule has 72 valence electrons. The standard InChI is InChI=1S/C12H8N2O/c13-6-8(7-14)11-5-12(15)10-4-2-1-3-9(10)11/h1-4,12,15H,5H2/t12-/m1/s1. The van der Waals surface area contributed by atoms with Crippen LogP contribution in [0.15, 0.2) is 29.8 Å². The lowest BCUT2D eigenvalue weighted by atomic mass is 10.0. The third-order valence-electron chi connectivity index (χ3n) is 2.57. The second-order valence-electron chi connectivity index (χ2n) is 3.38. The van der Waals surface area contributed by atoms with Crippen LogP contribution in [0.2, 0.25) is 0 Å². The highest BCUT2D eigenvalue weighted by Gasteiger charge is 2.26. The Morgan fingerprint density at radius 2 is 1.93 bits per heavy atom. The monoisotopic (exact) mass is 196 g/mol. The number of hydrogen-bond acceptors (Lipinski definition) is 3. The first-order valence-electron chi connectivity index (χ1n) is 4.58. The molecule has 0 saturated heterocycles. The van der Waals surface area contributed by atoms with Gasteiger partial charge in [-0.2, -0.15) is 10.5 Å². The van der Waals surface area contributed by atoms with E-state index in [9.17, 15) is 5.11 Å². The Balaban J connectivity index is 2.66. The van der Waals surface area contributed by atoms with Crippen LogP contribution < -0.4 is 0 Å². The second-order valence-corrected chi connectivity index (χ2v) is 3.38. The SMILES string of the molecule is N#CC(C#N)=C1C[C@@H](O)c2ccccc21. The molecule has 0 spiro atoms. The lowest BCUT2D eigenvalue weighted by Gasteiger charge is -2.00. The van der Waals surface area contributed by atoms with Crippen molar-refractivity contribution in [1.82, 2.24) is 0 Å². The number of allylic oxidation sites excluding steroid dienone is 1. The van der Waals surface area contributed by atoms with Crippen LogP contribution in [0.5, 0.6) is 0 Å². The highest BCUT2D eigenvalue weighted by Crippen LogP contribution is 2.40.